The largest absolute Gasteiger partial charge is 0.507 e. The van der Waals surface area contributed by atoms with Gasteiger partial charge in [0.1, 0.15) is 28.7 Å². The van der Waals surface area contributed by atoms with Gasteiger partial charge in [0, 0.05) is 17.5 Å². The fraction of sp³-hybridized carbons (Fsp3) is 0.240. The van der Waals surface area contributed by atoms with E-state index in [4.69, 9.17) is 4.42 Å². The number of phenols is 4. The summed E-state index contributed by atoms with van der Waals surface area (Å²) in [6.45, 7) is 9.08. The molecular formula is C25H26O7. The molecular weight excluding hydrogens is 412 g/mol. The second kappa shape index (κ2) is 8.80. The molecule has 0 aliphatic heterocycles. The van der Waals surface area contributed by atoms with Crippen molar-refractivity contribution >= 4 is 11.0 Å². The SMILES string of the molecule is C=C(C)C(O)Cc1c(O)c(CC=C(C)C)c2occ(-c3ccc(O)c(O)c3)c(=O)c2c1O. The zero-order valence-corrected chi connectivity index (χ0v) is 18.1. The Morgan fingerprint density at radius 2 is 1.75 bits per heavy atom. The predicted molar refractivity (Wildman–Crippen MR) is 122 cm³/mol. The Hall–Kier alpha value is -3.71. The number of fused-ring (bicyclic) bond motifs is 1. The lowest BCUT2D eigenvalue weighted by Crippen LogP contribution is -2.14. The summed E-state index contributed by atoms with van der Waals surface area (Å²) in [5.41, 5.74) is 1.51. The van der Waals surface area contributed by atoms with Gasteiger partial charge in [-0.05, 0) is 44.9 Å². The topological polar surface area (TPSA) is 131 Å². The van der Waals surface area contributed by atoms with Crippen molar-refractivity contribution in [3.8, 4) is 34.1 Å². The quantitative estimate of drug-likeness (QED) is 0.287. The summed E-state index contributed by atoms with van der Waals surface area (Å²) in [6.07, 6.45) is 2.09. The van der Waals surface area contributed by atoms with E-state index in [-0.39, 0.29) is 52.0 Å². The van der Waals surface area contributed by atoms with E-state index in [1.807, 2.05) is 19.9 Å². The number of hydrogen-bond donors (Lipinski definition) is 5. The molecule has 0 amide bonds. The highest BCUT2D eigenvalue weighted by Crippen LogP contribution is 2.41. The van der Waals surface area contributed by atoms with Crippen LogP contribution < -0.4 is 5.43 Å². The molecule has 3 rings (SSSR count). The maximum atomic E-state index is 13.4. The van der Waals surface area contributed by atoms with E-state index in [1.54, 1.807) is 6.92 Å². The van der Waals surface area contributed by atoms with Gasteiger partial charge in [0.2, 0.25) is 5.43 Å². The van der Waals surface area contributed by atoms with E-state index in [0.29, 0.717) is 11.1 Å². The molecule has 32 heavy (non-hydrogen) atoms. The fourth-order valence-electron chi connectivity index (χ4n) is 3.40. The molecule has 0 bridgehead atoms. The average molecular weight is 438 g/mol. The Morgan fingerprint density at radius 3 is 2.34 bits per heavy atom. The van der Waals surface area contributed by atoms with Crippen LogP contribution in [0.5, 0.6) is 23.0 Å². The van der Waals surface area contributed by atoms with Crippen molar-refractivity contribution in [2.45, 2.75) is 39.7 Å². The van der Waals surface area contributed by atoms with E-state index < -0.39 is 23.0 Å². The molecule has 1 aromatic heterocycles. The highest BCUT2D eigenvalue weighted by atomic mass is 16.3. The van der Waals surface area contributed by atoms with Gasteiger partial charge in [0.05, 0.1) is 11.7 Å². The van der Waals surface area contributed by atoms with Crippen LogP contribution in [0, 0.1) is 0 Å². The first-order chi connectivity index (χ1) is 15.0. The van der Waals surface area contributed by atoms with Crippen LogP contribution in [0.3, 0.4) is 0 Å². The van der Waals surface area contributed by atoms with Gasteiger partial charge in [-0.3, -0.25) is 4.79 Å². The van der Waals surface area contributed by atoms with Crippen LogP contribution in [0.25, 0.3) is 22.1 Å². The fourth-order valence-corrected chi connectivity index (χ4v) is 3.40. The molecule has 0 aliphatic carbocycles. The van der Waals surface area contributed by atoms with Crippen molar-refractivity contribution in [3.63, 3.8) is 0 Å². The molecule has 0 saturated carbocycles. The highest BCUT2D eigenvalue weighted by Gasteiger charge is 2.25. The molecule has 7 nitrogen and oxygen atoms in total. The maximum absolute atomic E-state index is 13.4. The third-order valence-corrected chi connectivity index (χ3v) is 5.33. The van der Waals surface area contributed by atoms with Crippen molar-refractivity contribution in [1.82, 2.24) is 0 Å². The van der Waals surface area contributed by atoms with Crippen molar-refractivity contribution < 1.29 is 29.9 Å². The third kappa shape index (κ3) is 4.20. The van der Waals surface area contributed by atoms with E-state index in [0.717, 1.165) is 5.57 Å². The van der Waals surface area contributed by atoms with Crippen molar-refractivity contribution in [2.75, 3.05) is 0 Å². The van der Waals surface area contributed by atoms with Gasteiger partial charge in [-0.1, -0.05) is 29.9 Å². The summed E-state index contributed by atoms with van der Waals surface area (Å²) in [7, 11) is 0. The van der Waals surface area contributed by atoms with Crippen LogP contribution in [0.1, 0.15) is 31.9 Å². The van der Waals surface area contributed by atoms with Gasteiger partial charge in [0.15, 0.2) is 11.5 Å². The first kappa shape index (κ1) is 23.0. The Bertz CT molecular complexity index is 1290. The lowest BCUT2D eigenvalue weighted by atomic mass is 9.93. The van der Waals surface area contributed by atoms with E-state index in [2.05, 4.69) is 6.58 Å². The minimum Gasteiger partial charge on any atom is -0.507 e. The second-order valence-electron chi connectivity index (χ2n) is 8.09. The summed E-state index contributed by atoms with van der Waals surface area (Å²) in [6, 6.07) is 3.88. The number of allylic oxidation sites excluding steroid dienone is 2. The summed E-state index contributed by atoms with van der Waals surface area (Å²) in [4.78, 5) is 13.4. The van der Waals surface area contributed by atoms with Crippen molar-refractivity contribution in [3.05, 3.63) is 69.6 Å². The van der Waals surface area contributed by atoms with Gasteiger partial charge in [0.25, 0.3) is 0 Å². The summed E-state index contributed by atoms with van der Waals surface area (Å²) < 4.78 is 5.71. The molecule has 1 unspecified atom stereocenters. The molecule has 0 spiro atoms. The lowest BCUT2D eigenvalue weighted by molar-refractivity contribution is 0.209. The number of phenolic OH excluding ortho intramolecular Hbond substituents is 4. The molecule has 5 N–H and O–H groups in total. The Kier molecular flexibility index (Phi) is 6.32. The normalized spacial score (nSPS) is 12.0. The van der Waals surface area contributed by atoms with Gasteiger partial charge in [-0.25, -0.2) is 0 Å². The minimum atomic E-state index is -1.04. The Morgan fingerprint density at radius 1 is 1.06 bits per heavy atom. The van der Waals surface area contributed by atoms with Gasteiger partial charge < -0.3 is 29.9 Å². The number of rotatable bonds is 6. The molecule has 0 aliphatic rings. The Balaban J connectivity index is 2.36. The molecule has 3 aromatic rings. The van der Waals surface area contributed by atoms with Crippen molar-refractivity contribution in [1.29, 1.82) is 0 Å². The van der Waals surface area contributed by atoms with E-state index in [1.165, 1.54) is 24.5 Å². The summed E-state index contributed by atoms with van der Waals surface area (Å²) in [5, 5.41) is 51.4. The lowest BCUT2D eigenvalue weighted by Gasteiger charge is -2.17. The minimum absolute atomic E-state index is 0.0168. The maximum Gasteiger partial charge on any atom is 0.204 e. The highest BCUT2D eigenvalue weighted by molar-refractivity contribution is 5.92. The standard InChI is InChI=1S/C25H26O7/c1-12(2)5-7-15-22(29)16(10-19(27)13(3)4)23(30)21-24(31)17(11-32-25(15)21)14-6-8-18(26)20(28)9-14/h5-6,8-9,11,19,26-30H,3,7,10H2,1-2,4H3. The second-order valence-corrected chi connectivity index (χ2v) is 8.09. The van der Waals surface area contributed by atoms with Crippen molar-refractivity contribution in [2.24, 2.45) is 0 Å². The summed E-state index contributed by atoms with van der Waals surface area (Å²) >= 11 is 0. The smallest absolute Gasteiger partial charge is 0.204 e. The number of aliphatic hydroxyl groups is 1. The van der Waals surface area contributed by atoms with Gasteiger partial charge in [-0.15, -0.1) is 0 Å². The monoisotopic (exact) mass is 438 g/mol. The molecule has 0 fully saturated rings. The molecule has 168 valence electrons. The molecule has 2 aromatic carbocycles. The van der Waals surface area contributed by atoms with Crippen LogP contribution in [-0.2, 0) is 12.8 Å². The predicted octanol–water partition coefficient (Wildman–Crippen LogP) is 4.27. The van der Waals surface area contributed by atoms with Crippen LogP contribution in [0.4, 0.5) is 0 Å². The first-order valence-corrected chi connectivity index (χ1v) is 10.0. The summed E-state index contributed by atoms with van der Waals surface area (Å²) in [5.74, 6) is -1.50. The molecule has 0 saturated heterocycles. The molecule has 7 heteroatoms. The zero-order valence-electron chi connectivity index (χ0n) is 18.1. The van der Waals surface area contributed by atoms with Crippen LogP contribution >= 0.6 is 0 Å². The third-order valence-electron chi connectivity index (χ3n) is 5.33. The molecule has 1 heterocycles. The van der Waals surface area contributed by atoms with Crippen LogP contribution in [0.2, 0.25) is 0 Å². The number of hydrogen-bond acceptors (Lipinski definition) is 7. The van der Waals surface area contributed by atoms with Crippen LogP contribution in [0.15, 0.2) is 57.5 Å². The van der Waals surface area contributed by atoms with Crippen LogP contribution in [-0.4, -0.2) is 31.6 Å². The number of aromatic hydroxyl groups is 4. The zero-order chi connectivity index (χ0) is 23.7. The molecule has 0 radical (unpaired) electrons. The average Bonchev–Trinajstić information content (AvgIpc) is 2.72. The van der Waals surface area contributed by atoms with Gasteiger partial charge in [-0.2, -0.15) is 0 Å². The van der Waals surface area contributed by atoms with E-state index in [9.17, 15) is 30.3 Å². The number of benzene rings is 2. The van der Waals surface area contributed by atoms with E-state index >= 15 is 0 Å². The van der Waals surface area contributed by atoms with Gasteiger partial charge >= 0.3 is 0 Å². The Labute approximate surface area is 184 Å². The molecule has 1 atom stereocenters. The number of aliphatic hydroxyl groups excluding tert-OH is 1. The first-order valence-electron chi connectivity index (χ1n) is 10.0.